The van der Waals surface area contributed by atoms with Crippen LogP contribution >= 0.6 is 0 Å². The molecule has 2 aromatic rings. The van der Waals surface area contributed by atoms with Gasteiger partial charge in [-0.25, -0.2) is 0 Å². The van der Waals surface area contributed by atoms with Gasteiger partial charge in [-0.15, -0.1) is 6.58 Å². The van der Waals surface area contributed by atoms with Gasteiger partial charge in [0, 0.05) is 18.1 Å². The Balaban J connectivity index is 2.27. The van der Waals surface area contributed by atoms with Crippen LogP contribution in [0.2, 0.25) is 0 Å². The van der Waals surface area contributed by atoms with Gasteiger partial charge in [0.1, 0.15) is 0 Å². The lowest BCUT2D eigenvalue weighted by Crippen LogP contribution is -2.08. The average molecular weight is 269 g/mol. The van der Waals surface area contributed by atoms with Crippen molar-refractivity contribution in [1.29, 1.82) is 0 Å². The molecule has 102 valence electrons. The summed E-state index contributed by atoms with van der Waals surface area (Å²) in [7, 11) is 0. The van der Waals surface area contributed by atoms with Gasteiger partial charge in [0.05, 0.1) is 11.0 Å². The fourth-order valence-corrected chi connectivity index (χ4v) is 2.12. The molecular formula is C16H15NO3. The van der Waals surface area contributed by atoms with Crippen molar-refractivity contribution in [2.45, 2.75) is 12.0 Å². The summed E-state index contributed by atoms with van der Waals surface area (Å²) in [5.74, 6) is -0.252. The maximum atomic E-state index is 10.6. The van der Waals surface area contributed by atoms with Crippen molar-refractivity contribution < 1.29 is 10.0 Å². The van der Waals surface area contributed by atoms with Crippen LogP contribution in [0.15, 0.2) is 67.3 Å². The fourth-order valence-electron chi connectivity index (χ4n) is 2.12. The van der Waals surface area contributed by atoms with Crippen molar-refractivity contribution >= 4 is 5.69 Å². The van der Waals surface area contributed by atoms with Gasteiger partial charge in [-0.2, -0.15) is 0 Å². The molecule has 0 aliphatic rings. The molecule has 1 N–H and O–H groups in total. The summed E-state index contributed by atoms with van der Waals surface area (Å²) in [6, 6.07) is 15.5. The Morgan fingerprint density at radius 3 is 2.15 bits per heavy atom. The molecule has 20 heavy (non-hydrogen) atoms. The number of non-ortho nitro benzene ring substituents is 1. The summed E-state index contributed by atoms with van der Waals surface area (Å²) in [4.78, 5) is 10.2. The molecule has 0 amide bonds. The Kier molecular flexibility index (Phi) is 4.27. The van der Waals surface area contributed by atoms with Crippen LogP contribution in [-0.4, -0.2) is 10.0 Å². The lowest BCUT2D eigenvalue weighted by Gasteiger charge is -2.20. The number of aliphatic hydroxyl groups excluding tert-OH is 1. The highest BCUT2D eigenvalue weighted by molar-refractivity contribution is 5.36. The van der Waals surface area contributed by atoms with Gasteiger partial charge in [-0.3, -0.25) is 10.1 Å². The molecule has 0 bridgehead atoms. The minimum absolute atomic E-state index is 0.0100. The van der Waals surface area contributed by atoms with Crippen LogP contribution in [0.5, 0.6) is 0 Å². The van der Waals surface area contributed by atoms with E-state index < -0.39 is 11.0 Å². The lowest BCUT2D eigenvalue weighted by molar-refractivity contribution is -0.384. The largest absolute Gasteiger partial charge is 0.387 e. The predicted molar refractivity (Wildman–Crippen MR) is 77.4 cm³/mol. The topological polar surface area (TPSA) is 63.4 Å². The van der Waals surface area contributed by atoms with Crippen LogP contribution in [0, 0.1) is 10.1 Å². The van der Waals surface area contributed by atoms with Gasteiger partial charge in [-0.1, -0.05) is 36.4 Å². The van der Waals surface area contributed by atoms with Crippen molar-refractivity contribution in [3.63, 3.8) is 0 Å². The number of aliphatic hydroxyl groups is 1. The van der Waals surface area contributed by atoms with Crippen LogP contribution in [0.25, 0.3) is 0 Å². The molecule has 2 rings (SSSR count). The molecule has 0 fully saturated rings. The summed E-state index contributed by atoms with van der Waals surface area (Å²) in [6.07, 6.45) is 0.900. The van der Waals surface area contributed by atoms with E-state index in [9.17, 15) is 15.2 Å². The quantitative estimate of drug-likeness (QED) is 0.512. The van der Waals surface area contributed by atoms with Crippen LogP contribution in [0.1, 0.15) is 23.1 Å². The second-order valence-electron chi connectivity index (χ2n) is 4.47. The van der Waals surface area contributed by atoms with Crippen molar-refractivity contribution in [3.8, 4) is 0 Å². The molecule has 0 heterocycles. The molecule has 0 aliphatic heterocycles. The standard InChI is InChI=1S/C16H15NO3/c1-2-15(12-6-4-3-5-7-12)16(18)13-8-10-14(11-9-13)17(19)20/h2-11,15-16,18H,1H2/t15-,16-/m0/s1. The molecule has 0 radical (unpaired) electrons. The van der Waals surface area contributed by atoms with E-state index >= 15 is 0 Å². The zero-order valence-electron chi connectivity index (χ0n) is 10.8. The predicted octanol–water partition coefficient (Wildman–Crippen LogP) is 3.60. The van der Waals surface area contributed by atoms with Gasteiger partial charge in [0.15, 0.2) is 0 Å². The Morgan fingerprint density at radius 1 is 1.05 bits per heavy atom. The Morgan fingerprint density at radius 2 is 1.65 bits per heavy atom. The number of hydrogen-bond acceptors (Lipinski definition) is 3. The van der Waals surface area contributed by atoms with E-state index in [-0.39, 0.29) is 11.6 Å². The van der Waals surface area contributed by atoms with Crippen molar-refractivity contribution in [2.75, 3.05) is 0 Å². The third-order valence-electron chi connectivity index (χ3n) is 3.22. The number of hydrogen-bond donors (Lipinski definition) is 1. The fraction of sp³-hybridized carbons (Fsp3) is 0.125. The lowest BCUT2D eigenvalue weighted by atomic mass is 9.89. The van der Waals surface area contributed by atoms with Crippen LogP contribution in [0.3, 0.4) is 0 Å². The van der Waals surface area contributed by atoms with E-state index in [1.54, 1.807) is 18.2 Å². The SMILES string of the molecule is C=C[C@@H](c1ccccc1)[C@@H](O)c1ccc([N+](=O)[O-])cc1. The normalized spacial score (nSPS) is 13.4. The van der Waals surface area contributed by atoms with E-state index in [4.69, 9.17) is 0 Å². The summed E-state index contributed by atoms with van der Waals surface area (Å²) in [5, 5.41) is 21.0. The number of benzene rings is 2. The molecular weight excluding hydrogens is 254 g/mol. The molecule has 0 spiro atoms. The first-order chi connectivity index (χ1) is 9.63. The molecule has 0 aliphatic carbocycles. The second-order valence-corrected chi connectivity index (χ2v) is 4.47. The van der Waals surface area contributed by atoms with Crippen LogP contribution in [0.4, 0.5) is 5.69 Å². The van der Waals surface area contributed by atoms with Crippen molar-refractivity contribution in [3.05, 3.63) is 88.5 Å². The minimum Gasteiger partial charge on any atom is -0.387 e. The molecule has 4 heteroatoms. The van der Waals surface area contributed by atoms with E-state index in [1.165, 1.54) is 12.1 Å². The number of nitro benzene ring substituents is 1. The first-order valence-corrected chi connectivity index (χ1v) is 6.23. The summed E-state index contributed by atoms with van der Waals surface area (Å²) < 4.78 is 0. The zero-order valence-corrected chi connectivity index (χ0v) is 10.8. The third-order valence-corrected chi connectivity index (χ3v) is 3.22. The third kappa shape index (κ3) is 2.92. The maximum Gasteiger partial charge on any atom is 0.269 e. The van der Waals surface area contributed by atoms with E-state index in [2.05, 4.69) is 6.58 Å². The van der Waals surface area contributed by atoms with E-state index in [0.29, 0.717) is 5.56 Å². The Labute approximate surface area is 117 Å². The van der Waals surface area contributed by atoms with Gasteiger partial charge in [0.25, 0.3) is 5.69 Å². The van der Waals surface area contributed by atoms with Crippen LogP contribution in [-0.2, 0) is 0 Å². The molecule has 4 nitrogen and oxygen atoms in total. The molecule has 2 aromatic carbocycles. The van der Waals surface area contributed by atoms with Crippen molar-refractivity contribution in [2.24, 2.45) is 0 Å². The summed E-state index contributed by atoms with van der Waals surface area (Å²) in [5.41, 5.74) is 1.59. The summed E-state index contributed by atoms with van der Waals surface area (Å²) >= 11 is 0. The van der Waals surface area contributed by atoms with Gasteiger partial charge >= 0.3 is 0 Å². The molecule has 0 unspecified atom stereocenters. The monoisotopic (exact) mass is 269 g/mol. The smallest absolute Gasteiger partial charge is 0.269 e. The number of nitro groups is 1. The van der Waals surface area contributed by atoms with E-state index in [1.807, 2.05) is 30.3 Å². The Hall–Kier alpha value is -2.46. The molecule has 2 atom stereocenters. The second kappa shape index (κ2) is 6.12. The van der Waals surface area contributed by atoms with Gasteiger partial charge in [-0.05, 0) is 23.3 Å². The Bertz CT molecular complexity index is 593. The minimum atomic E-state index is -0.782. The molecule has 0 saturated heterocycles. The maximum absolute atomic E-state index is 10.6. The molecule has 0 aromatic heterocycles. The van der Waals surface area contributed by atoms with Gasteiger partial charge < -0.3 is 5.11 Å². The first-order valence-electron chi connectivity index (χ1n) is 6.23. The highest BCUT2D eigenvalue weighted by Gasteiger charge is 2.20. The number of nitrogens with zero attached hydrogens (tertiary/aromatic N) is 1. The molecule has 0 saturated carbocycles. The number of rotatable bonds is 5. The highest BCUT2D eigenvalue weighted by Crippen LogP contribution is 2.32. The van der Waals surface area contributed by atoms with Crippen LogP contribution < -0.4 is 0 Å². The van der Waals surface area contributed by atoms with E-state index in [0.717, 1.165) is 5.56 Å². The van der Waals surface area contributed by atoms with Crippen molar-refractivity contribution in [1.82, 2.24) is 0 Å². The summed E-state index contributed by atoms with van der Waals surface area (Å²) in [6.45, 7) is 3.76. The first kappa shape index (κ1) is 14.0. The van der Waals surface area contributed by atoms with Gasteiger partial charge in [0.2, 0.25) is 0 Å². The average Bonchev–Trinajstić information content (AvgIpc) is 2.49. The highest BCUT2D eigenvalue weighted by atomic mass is 16.6. The zero-order chi connectivity index (χ0) is 14.5.